The fraction of sp³-hybridized carbons (Fsp3) is 0.394. The fourth-order valence-corrected chi connectivity index (χ4v) is 4.66. The molecule has 14 heteroatoms. The Balaban J connectivity index is 1.60. The molecule has 0 fully saturated rings. The Bertz CT molecular complexity index is 1620. The molecule has 0 aliphatic heterocycles. The van der Waals surface area contributed by atoms with E-state index in [1.54, 1.807) is 18.2 Å². The van der Waals surface area contributed by atoms with Crippen LogP contribution in [0.4, 0.5) is 11.4 Å². The Hall–Kier alpha value is -5.24. The second-order valence-corrected chi connectivity index (χ2v) is 10.7. The van der Waals surface area contributed by atoms with E-state index < -0.39 is 29.6 Å². The van der Waals surface area contributed by atoms with Crippen LogP contribution in [0.2, 0.25) is 0 Å². The maximum absolute atomic E-state index is 13.0. The summed E-state index contributed by atoms with van der Waals surface area (Å²) >= 11 is 0. The highest BCUT2D eigenvalue weighted by atomic mass is 16.5. The first-order valence-electron chi connectivity index (χ1n) is 15.7. The SMILES string of the molecule is C=CC(=O)OCCCNC(=O)c1cc(NC(=O)CCC(=O)Nc2ccc3[nH]c(=O)[nH]c3c2)cc(C(=O)NCCCCN(CC)CC)c1. The molecule has 6 N–H and O–H groups in total. The number of carbonyl (C=O) groups is 5. The van der Waals surface area contributed by atoms with Crippen molar-refractivity contribution in [3.63, 3.8) is 0 Å². The molecule has 47 heavy (non-hydrogen) atoms. The minimum absolute atomic E-state index is 0.0942. The molecule has 0 radical (unpaired) electrons. The molecule has 2 aromatic carbocycles. The van der Waals surface area contributed by atoms with Gasteiger partial charge in [-0.3, -0.25) is 19.2 Å². The largest absolute Gasteiger partial charge is 0.462 e. The lowest BCUT2D eigenvalue weighted by molar-refractivity contribution is -0.137. The normalized spacial score (nSPS) is 10.8. The number of benzene rings is 2. The molecule has 0 bridgehead atoms. The lowest BCUT2D eigenvalue weighted by Gasteiger charge is -2.17. The van der Waals surface area contributed by atoms with Crippen LogP contribution in [0.3, 0.4) is 0 Å². The molecule has 1 aromatic heterocycles. The Labute approximate surface area is 272 Å². The van der Waals surface area contributed by atoms with Gasteiger partial charge < -0.3 is 40.9 Å². The fourth-order valence-electron chi connectivity index (χ4n) is 4.66. The molecule has 14 nitrogen and oxygen atoms in total. The number of rotatable bonds is 19. The number of esters is 1. The number of anilines is 2. The number of amides is 4. The van der Waals surface area contributed by atoms with E-state index in [1.165, 1.54) is 18.2 Å². The number of H-pyrrole nitrogens is 2. The van der Waals surface area contributed by atoms with E-state index in [0.29, 0.717) is 29.7 Å². The summed E-state index contributed by atoms with van der Waals surface area (Å²) < 4.78 is 4.91. The third-order valence-electron chi connectivity index (χ3n) is 7.22. The molecule has 0 spiro atoms. The zero-order valence-electron chi connectivity index (χ0n) is 26.8. The van der Waals surface area contributed by atoms with Gasteiger partial charge in [-0.25, -0.2) is 9.59 Å². The zero-order valence-corrected chi connectivity index (χ0v) is 26.8. The van der Waals surface area contributed by atoms with Gasteiger partial charge in [-0.2, -0.15) is 0 Å². The van der Waals surface area contributed by atoms with Gasteiger partial charge >= 0.3 is 11.7 Å². The lowest BCUT2D eigenvalue weighted by atomic mass is 10.1. The van der Waals surface area contributed by atoms with Crippen molar-refractivity contribution in [2.75, 3.05) is 50.0 Å². The average Bonchev–Trinajstić information content (AvgIpc) is 3.44. The molecule has 0 aliphatic carbocycles. The van der Waals surface area contributed by atoms with Gasteiger partial charge in [0.05, 0.1) is 17.6 Å². The van der Waals surface area contributed by atoms with Crippen molar-refractivity contribution in [3.05, 3.63) is 70.7 Å². The van der Waals surface area contributed by atoms with Crippen molar-refractivity contribution in [1.29, 1.82) is 0 Å². The number of nitrogens with zero attached hydrogens (tertiary/aromatic N) is 1. The lowest BCUT2D eigenvalue weighted by Crippen LogP contribution is -2.28. The molecule has 0 atom stereocenters. The summed E-state index contributed by atoms with van der Waals surface area (Å²) in [6.45, 7) is 11.1. The Morgan fingerprint density at radius 2 is 1.38 bits per heavy atom. The highest BCUT2D eigenvalue weighted by molar-refractivity contribution is 6.03. The predicted octanol–water partition coefficient (Wildman–Crippen LogP) is 2.91. The first-order valence-corrected chi connectivity index (χ1v) is 15.7. The van der Waals surface area contributed by atoms with Crippen molar-refractivity contribution in [2.24, 2.45) is 0 Å². The summed E-state index contributed by atoms with van der Waals surface area (Å²) in [5.74, 6) is -2.34. The van der Waals surface area contributed by atoms with Gasteiger partial charge in [0.25, 0.3) is 11.8 Å². The van der Waals surface area contributed by atoms with Crippen LogP contribution >= 0.6 is 0 Å². The number of hydrogen-bond donors (Lipinski definition) is 6. The Morgan fingerprint density at radius 3 is 2.00 bits per heavy atom. The number of nitrogens with one attached hydrogen (secondary N) is 6. The van der Waals surface area contributed by atoms with Gasteiger partial charge in [-0.1, -0.05) is 20.4 Å². The van der Waals surface area contributed by atoms with E-state index in [2.05, 4.69) is 56.6 Å². The number of hydrogen-bond acceptors (Lipinski definition) is 8. The van der Waals surface area contributed by atoms with Crippen LogP contribution < -0.4 is 27.0 Å². The quantitative estimate of drug-likeness (QED) is 0.0648. The van der Waals surface area contributed by atoms with Gasteiger partial charge in [-0.05, 0) is 75.3 Å². The van der Waals surface area contributed by atoms with Gasteiger partial charge in [-0.15, -0.1) is 0 Å². The molecular formula is C33H43N7O7. The molecule has 3 aromatic rings. The number of imidazole rings is 1. The van der Waals surface area contributed by atoms with Crippen LogP contribution in [0.25, 0.3) is 11.0 Å². The van der Waals surface area contributed by atoms with Crippen molar-refractivity contribution >= 4 is 52.0 Å². The van der Waals surface area contributed by atoms with Gasteiger partial charge in [0, 0.05) is 54.5 Å². The predicted molar refractivity (Wildman–Crippen MR) is 179 cm³/mol. The van der Waals surface area contributed by atoms with Crippen molar-refractivity contribution in [1.82, 2.24) is 25.5 Å². The first kappa shape index (κ1) is 36.2. The molecule has 0 saturated carbocycles. The van der Waals surface area contributed by atoms with Crippen LogP contribution in [0.1, 0.15) is 66.7 Å². The smallest absolute Gasteiger partial charge is 0.330 e. The number of carbonyl (C=O) groups excluding carboxylic acids is 5. The zero-order chi connectivity index (χ0) is 34.2. The second-order valence-electron chi connectivity index (χ2n) is 10.7. The maximum atomic E-state index is 13.0. The van der Waals surface area contributed by atoms with Gasteiger partial charge in [0.1, 0.15) is 0 Å². The van der Waals surface area contributed by atoms with E-state index in [0.717, 1.165) is 38.6 Å². The molecule has 0 unspecified atom stereocenters. The summed E-state index contributed by atoms with van der Waals surface area (Å²) in [6.07, 6.45) is 2.81. The standard InChI is InChI=1S/C33H43N7O7/c1-4-30(43)47-17-9-15-35-32(45)23-18-22(31(44)34-14-7-8-16-40(5-2)6-3)19-25(20-23)37-29(42)13-12-28(41)36-24-10-11-26-27(21-24)39-33(46)38-26/h4,10-11,18-21H,1,5-9,12-17H2,2-3H3,(H,34,44)(H,35,45)(H,36,41)(H,37,42)(H2,38,39,46). The van der Waals surface area contributed by atoms with Crippen molar-refractivity contribution < 1.29 is 28.7 Å². The first-order chi connectivity index (χ1) is 22.6. The van der Waals surface area contributed by atoms with Gasteiger partial charge in [0.2, 0.25) is 11.8 Å². The molecule has 252 valence electrons. The molecular weight excluding hydrogens is 606 g/mol. The van der Waals surface area contributed by atoms with Crippen LogP contribution in [0.15, 0.2) is 53.8 Å². The summed E-state index contributed by atoms with van der Waals surface area (Å²) in [6, 6.07) is 9.24. The minimum Gasteiger partial charge on any atom is -0.462 e. The summed E-state index contributed by atoms with van der Waals surface area (Å²) in [5, 5.41) is 11.0. The van der Waals surface area contributed by atoms with Crippen molar-refractivity contribution in [2.45, 2.75) is 46.0 Å². The van der Waals surface area contributed by atoms with Gasteiger partial charge in [0.15, 0.2) is 0 Å². The van der Waals surface area contributed by atoms with E-state index in [9.17, 15) is 28.8 Å². The highest BCUT2D eigenvalue weighted by Gasteiger charge is 2.16. The van der Waals surface area contributed by atoms with Crippen LogP contribution in [-0.4, -0.2) is 83.8 Å². The maximum Gasteiger partial charge on any atom is 0.330 e. The Kier molecular flexibility index (Phi) is 14.4. The topological polar surface area (TPSA) is 195 Å². The molecule has 0 aliphatic rings. The third-order valence-corrected chi connectivity index (χ3v) is 7.22. The van der Waals surface area contributed by atoms with E-state index in [4.69, 9.17) is 4.74 Å². The average molecular weight is 650 g/mol. The summed E-state index contributed by atoms with van der Waals surface area (Å²) in [5.41, 5.74) is 1.78. The second kappa shape index (κ2) is 18.7. The number of aromatic amines is 2. The summed E-state index contributed by atoms with van der Waals surface area (Å²) in [7, 11) is 0. The highest BCUT2D eigenvalue weighted by Crippen LogP contribution is 2.18. The van der Waals surface area contributed by atoms with E-state index >= 15 is 0 Å². The number of unbranched alkanes of at least 4 members (excludes halogenated alkanes) is 1. The molecule has 1 heterocycles. The third kappa shape index (κ3) is 12.2. The monoisotopic (exact) mass is 649 g/mol. The van der Waals surface area contributed by atoms with Crippen LogP contribution in [0.5, 0.6) is 0 Å². The van der Waals surface area contributed by atoms with Crippen LogP contribution in [-0.2, 0) is 19.1 Å². The minimum atomic E-state index is -0.559. The molecule has 3 rings (SSSR count). The van der Waals surface area contributed by atoms with E-state index in [-0.39, 0.29) is 48.5 Å². The Morgan fingerprint density at radius 1 is 0.787 bits per heavy atom. The molecule has 0 saturated heterocycles. The summed E-state index contributed by atoms with van der Waals surface area (Å²) in [4.78, 5) is 81.5. The molecule has 4 amide bonds. The number of aromatic nitrogens is 2. The van der Waals surface area contributed by atoms with Crippen LogP contribution in [0, 0.1) is 0 Å². The number of ether oxygens (including phenoxy) is 1. The number of fused-ring (bicyclic) bond motifs is 1. The van der Waals surface area contributed by atoms with E-state index in [1.807, 2.05) is 0 Å². The van der Waals surface area contributed by atoms with Crippen molar-refractivity contribution in [3.8, 4) is 0 Å².